The average molecular weight is 326 g/mol. The van der Waals surface area contributed by atoms with Crippen molar-refractivity contribution in [2.24, 2.45) is 0 Å². The Labute approximate surface area is 122 Å². The Kier molecular flexibility index (Phi) is 5.07. The normalized spacial score (nSPS) is 15.0. The zero-order valence-corrected chi connectivity index (χ0v) is 12.9. The zero-order chi connectivity index (χ0) is 16.5. The number of rotatable bonds is 5. The summed E-state index contributed by atoms with van der Waals surface area (Å²) in [6.45, 7) is 4.42. The Balaban J connectivity index is 2.83. The van der Waals surface area contributed by atoms with Crippen LogP contribution in [-0.2, 0) is 25.2 Å². The molecule has 0 radical (unpaired) electrons. The van der Waals surface area contributed by atoms with Crippen molar-refractivity contribution < 1.29 is 30.5 Å². The molecular formula is C13H17F3O4S. The van der Waals surface area contributed by atoms with Crippen molar-refractivity contribution in [3.63, 3.8) is 0 Å². The Morgan fingerprint density at radius 1 is 1.10 bits per heavy atom. The number of hydrogen-bond donors (Lipinski definition) is 0. The molecule has 0 fully saturated rings. The maximum absolute atomic E-state index is 12.5. The van der Waals surface area contributed by atoms with E-state index in [-0.39, 0.29) is 0 Å². The number of alkyl halides is 3. The van der Waals surface area contributed by atoms with Crippen LogP contribution in [0.15, 0.2) is 24.3 Å². The largest absolute Gasteiger partial charge is 0.416 e. The van der Waals surface area contributed by atoms with E-state index in [1.807, 2.05) is 0 Å². The molecule has 0 aliphatic heterocycles. The first-order valence-electron chi connectivity index (χ1n) is 6.06. The van der Waals surface area contributed by atoms with Gasteiger partial charge in [-0.1, -0.05) is 12.1 Å². The first-order valence-corrected chi connectivity index (χ1v) is 7.87. The summed E-state index contributed by atoms with van der Waals surface area (Å²) in [6, 6.07) is 4.45. The summed E-state index contributed by atoms with van der Waals surface area (Å²) in [5.41, 5.74) is -0.279. The zero-order valence-electron chi connectivity index (χ0n) is 12.1. The van der Waals surface area contributed by atoms with E-state index in [0.29, 0.717) is 5.56 Å². The summed E-state index contributed by atoms with van der Waals surface area (Å²) in [4.78, 5) is 0. The van der Waals surface area contributed by atoms with E-state index in [0.717, 1.165) is 18.4 Å². The predicted octanol–water partition coefficient (Wildman–Crippen LogP) is 3.50. The van der Waals surface area contributed by atoms with E-state index < -0.39 is 33.7 Å². The highest BCUT2D eigenvalue weighted by Crippen LogP contribution is 2.31. The fourth-order valence-corrected chi connectivity index (χ4v) is 2.59. The van der Waals surface area contributed by atoms with E-state index >= 15 is 0 Å². The van der Waals surface area contributed by atoms with Crippen LogP contribution in [0.4, 0.5) is 13.2 Å². The van der Waals surface area contributed by atoms with Gasteiger partial charge in [-0.05, 0) is 38.5 Å². The van der Waals surface area contributed by atoms with Gasteiger partial charge in [0.15, 0.2) is 5.79 Å². The minimum atomic E-state index is -4.40. The fraction of sp³-hybridized carbons (Fsp3) is 0.538. The molecule has 0 saturated carbocycles. The summed E-state index contributed by atoms with van der Waals surface area (Å²) >= 11 is 0. The quantitative estimate of drug-likeness (QED) is 0.614. The molecule has 120 valence electrons. The van der Waals surface area contributed by atoms with Crippen molar-refractivity contribution in [3.05, 3.63) is 35.4 Å². The average Bonchev–Trinajstić information content (AvgIpc) is 2.23. The van der Waals surface area contributed by atoms with Gasteiger partial charge in [-0.25, -0.2) is 4.18 Å². The minimum absolute atomic E-state index is 0.480. The third kappa shape index (κ3) is 6.03. The van der Waals surface area contributed by atoms with E-state index in [1.165, 1.54) is 26.0 Å². The van der Waals surface area contributed by atoms with Gasteiger partial charge in [-0.3, -0.25) is 0 Å². The molecule has 1 aromatic rings. The van der Waals surface area contributed by atoms with Gasteiger partial charge in [0.2, 0.25) is 0 Å². The monoisotopic (exact) mass is 326 g/mol. The second kappa shape index (κ2) is 5.94. The standard InChI is InChI=1S/C13H17F3O4S/c1-9(19-12(2,3)20-21(4,17)18)10-5-7-11(8-6-10)13(14,15)16/h5-9H,1-4H3/t9-/m1/s1. The molecule has 8 heteroatoms. The molecule has 1 atom stereocenters. The van der Waals surface area contributed by atoms with Crippen LogP contribution in [-0.4, -0.2) is 20.5 Å². The van der Waals surface area contributed by atoms with Crippen molar-refractivity contribution in [3.8, 4) is 0 Å². The van der Waals surface area contributed by atoms with Crippen molar-refractivity contribution in [1.82, 2.24) is 0 Å². The topological polar surface area (TPSA) is 52.6 Å². The number of hydrogen-bond acceptors (Lipinski definition) is 4. The van der Waals surface area contributed by atoms with E-state index in [9.17, 15) is 21.6 Å². The highest BCUT2D eigenvalue weighted by molar-refractivity contribution is 7.86. The Hall–Kier alpha value is -1.12. The first-order chi connectivity index (χ1) is 9.30. The number of ether oxygens (including phenoxy) is 1. The van der Waals surface area contributed by atoms with Crippen LogP contribution in [0.2, 0.25) is 0 Å². The van der Waals surface area contributed by atoms with Gasteiger partial charge in [-0.2, -0.15) is 21.6 Å². The highest BCUT2D eigenvalue weighted by atomic mass is 32.2. The SMILES string of the molecule is C[C@@H](OC(C)(C)OS(C)(=O)=O)c1ccc(C(F)(F)F)cc1. The van der Waals surface area contributed by atoms with Crippen molar-refractivity contribution >= 4 is 10.1 Å². The van der Waals surface area contributed by atoms with Gasteiger partial charge >= 0.3 is 6.18 Å². The smallest absolute Gasteiger partial charge is 0.342 e. The van der Waals surface area contributed by atoms with Gasteiger partial charge < -0.3 is 4.74 Å². The molecule has 0 heterocycles. The lowest BCUT2D eigenvalue weighted by Gasteiger charge is -2.28. The molecule has 0 N–H and O–H groups in total. The van der Waals surface area contributed by atoms with E-state index in [1.54, 1.807) is 6.92 Å². The molecule has 0 aromatic heterocycles. The highest BCUT2D eigenvalue weighted by Gasteiger charge is 2.31. The summed E-state index contributed by atoms with van der Waals surface area (Å²) in [6.07, 6.45) is -4.15. The fourth-order valence-electron chi connectivity index (χ4n) is 1.82. The first kappa shape index (κ1) is 17.9. The summed E-state index contributed by atoms with van der Waals surface area (Å²) in [5.74, 6) is -1.42. The predicted molar refractivity (Wildman–Crippen MR) is 71.0 cm³/mol. The Bertz CT molecular complexity index is 576. The Morgan fingerprint density at radius 2 is 1.57 bits per heavy atom. The van der Waals surface area contributed by atoms with Gasteiger partial charge in [0.1, 0.15) is 0 Å². The molecule has 0 aliphatic rings. The van der Waals surface area contributed by atoms with Crippen LogP contribution < -0.4 is 0 Å². The maximum atomic E-state index is 12.5. The summed E-state index contributed by atoms with van der Waals surface area (Å²) in [7, 11) is -3.71. The van der Waals surface area contributed by atoms with Crippen LogP contribution in [0, 0.1) is 0 Å². The molecule has 0 amide bonds. The van der Waals surface area contributed by atoms with E-state index in [4.69, 9.17) is 8.92 Å². The van der Waals surface area contributed by atoms with Crippen LogP contribution in [0.1, 0.15) is 38.0 Å². The van der Waals surface area contributed by atoms with Gasteiger partial charge in [0, 0.05) is 0 Å². The molecule has 0 saturated heterocycles. The molecule has 0 spiro atoms. The second-order valence-electron chi connectivity index (χ2n) is 5.07. The lowest BCUT2D eigenvalue weighted by Crippen LogP contribution is -2.32. The van der Waals surface area contributed by atoms with Crippen LogP contribution in [0.25, 0.3) is 0 Å². The number of halogens is 3. The van der Waals surface area contributed by atoms with Gasteiger partial charge in [0.25, 0.3) is 10.1 Å². The second-order valence-corrected chi connectivity index (χ2v) is 6.64. The van der Waals surface area contributed by atoms with Gasteiger partial charge in [0.05, 0.1) is 17.9 Å². The molecular weight excluding hydrogens is 309 g/mol. The molecule has 1 aromatic carbocycles. The summed E-state index contributed by atoms with van der Waals surface area (Å²) in [5, 5.41) is 0. The Morgan fingerprint density at radius 3 is 1.95 bits per heavy atom. The summed E-state index contributed by atoms with van der Waals surface area (Å²) < 4.78 is 69.8. The maximum Gasteiger partial charge on any atom is 0.416 e. The van der Waals surface area contributed by atoms with Crippen LogP contribution in [0.3, 0.4) is 0 Å². The molecule has 0 unspecified atom stereocenters. The molecule has 1 rings (SSSR count). The minimum Gasteiger partial charge on any atom is -0.342 e. The third-order valence-electron chi connectivity index (χ3n) is 2.52. The molecule has 0 aliphatic carbocycles. The van der Waals surface area contributed by atoms with Crippen LogP contribution >= 0.6 is 0 Å². The van der Waals surface area contributed by atoms with Gasteiger partial charge in [-0.15, -0.1) is 0 Å². The van der Waals surface area contributed by atoms with Crippen LogP contribution in [0.5, 0.6) is 0 Å². The lowest BCUT2D eigenvalue weighted by molar-refractivity contribution is -0.182. The molecule has 4 nitrogen and oxygen atoms in total. The van der Waals surface area contributed by atoms with E-state index in [2.05, 4.69) is 0 Å². The molecule has 0 bridgehead atoms. The lowest BCUT2D eigenvalue weighted by atomic mass is 10.1. The molecule has 21 heavy (non-hydrogen) atoms. The third-order valence-corrected chi connectivity index (χ3v) is 3.22. The van der Waals surface area contributed by atoms with Crippen molar-refractivity contribution in [1.29, 1.82) is 0 Å². The number of benzene rings is 1. The van der Waals surface area contributed by atoms with Crippen molar-refractivity contribution in [2.45, 2.75) is 38.8 Å². The van der Waals surface area contributed by atoms with Crippen molar-refractivity contribution in [2.75, 3.05) is 6.26 Å².